The molecule has 0 fully saturated rings. The molecule has 0 radical (unpaired) electrons. The third-order valence-electron chi connectivity index (χ3n) is 1.62. The fraction of sp³-hybridized carbons (Fsp3) is 0.200. The minimum Gasteiger partial charge on any atom is -0.497 e. The predicted octanol–water partition coefficient (Wildman–Crippen LogP) is 3.29. The number of allylic oxidation sites excluding steroid dienone is 1. The number of hydrogen-bond donors (Lipinski definition) is 0. The second-order valence-electron chi connectivity index (χ2n) is 2.37. The highest BCUT2D eigenvalue weighted by atomic mass is 35.5. The van der Waals surface area contributed by atoms with Crippen LogP contribution in [-0.4, -0.2) is 7.11 Å². The summed E-state index contributed by atoms with van der Waals surface area (Å²) in [5.41, 5.74) is 1.01. The highest BCUT2D eigenvalue weighted by molar-refractivity contribution is 6.48. The van der Waals surface area contributed by atoms with Gasteiger partial charge >= 0.3 is 0 Å². The van der Waals surface area contributed by atoms with Crippen LogP contribution in [0.3, 0.4) is 0 Å². The molecule has 0 unspecified atom stereocenters. The van der Waals surface area contributed by atoms with Crippen molar-refractivity contribution in [1.29, 1.82) is 0 Å². The number of halogens is 1. The van der Waals surface area contributed by atoms with Gasteiger partial charge in [-0.1, -0.05) is 17.7 Å². The van der Waals surface area contributed by atoms with Crippen molar-refractivity contribution in [1.82, 2.24) is 0 Å². The lowest BCUT2D eigenvalue weighted by molar-refractivity contribution is 0.415. The Bertz CT molecular complexity index is 274. The van der Waals surface area contributed by atoms with E-state index < -0.39 is 0 Å². The topological polar surface area (TPSA) is 9.23 Å². The monoisotopic (exact) mass is 182 g/mol. The second-order valence-corrected chi connectivity index (χ2v) is 2.77. The van der Waals surface area contributed by atoms with Crippen molar-refractivity contribution in [3.8, 4) is 5.75 Å². The van der Waals surface area contributed by atoms with Crippen LogP contribution < -0.4 is 4.74 Å². The van der Waals surface area contributed by atoms with E-state index in [-0.39, 0.29) is 0 Å². The van der Waals surface area contributed by atoms with Gasteiger partial charge in [0.15, 0.2) is 0 Å². The minimum atomic E-state index is 0.762. The molecule has 0 atom stereocenters. The lowest BCUT2D eigenvalue weighted by Crippen LogP contribution is -1.82. The Morgan fingerprint density at radius 2 is 1.92 bits per heavy atom. The summed E-state index contributed by atoms with van der Waals surface area (Å²) in [4.78, 5) is 0. The molecule has 1 aromatic rings. The van der Waals surface area contributed by atoms with E-state index in [0.717, 1.165) is 16.3 Å². The van der Waals surface area contributed by atoms with Crippen LogP contribution >= 0.6 is 11.6 Å². The van der Waals surface area contributed by atoms with Gasteiger partial charge in [-0.25, -0.2) is 0 Å². The first-order chi connectivity index (χ1) is 5.77. The molecule has 12 heavy (non-hydrogen) atoms. The fourth-order valence-electron chi connectivity index (χ4n) is 0.917. The predicted molar refractivity (Wildman–Crippen MR) is 52.5 cm³/mol. The summed E-state index contributed by atoms with van der Waals surface area (Å²) in [6.07, 6.45) is 1.86. The highest BCUT2D eigenvalue weighted by Gasteiger charge is 1.95. The molecular formula is C10H11ClO. The Balaban J connectivity index is 2.92. The summed E-state index contributed by atoms with van der Waals surface area (Å²) in [7, 11) is 1.65. The summed E-state index contributed by atoms with van der Waals surface area (Å²) < 4.78 is 5.02. The Kier molecular flexibility index (Phi) is 3.18. The Hall–Kier alpha value is -0.950. The molecule has 0 N–H and O–H groups in total. The van der Waals surface area contributed by atoms with Gasteiger partial charge in [-0.3, -0.25) is 0 Å². The largest absolute Gasteiger partial charge is 0.497 e. The maximum absolute atomic E-state index is 5.91. The summed E-state index contributed by atoms with van der Waals surface area (Å²) in [6.45, 7) is 1.91. The molecule has 2 heteroatoms. The third-order valence-corrected chi connectivity index (χ3v) is 2.06. The zero-order chi connectivity index (χ0) is 8.97. The van der Waals surface area contributed by atoms with Gasteiger partial charge in [-0.15, -0.1) is 0 Å². The van der Waals surface area contributed by atoms with E-state index in [4.69, 9.17) is 16.3 Å². The minimum absolute atomic E-state index is 0.762. The van der Waals surface area contributed by atoms with Crippen LogP contribution in [0.2, 0.25) is 0 Å². The number of ether oxygens (including phenoxy) is 1. The van der Waals surface area contributed by atoms with Crippen LogP contribution in [-0.2, 0) is 0 Å². The van der Waals surface area contributed by atoms with Gasteiger partial charge in [-0.05, 0) is 36.8 Å². The molecule has 0 aromatic heterocycles. The van der Waals surface area contributed by atoms with Crippen LogP contribution in [0, 0.1) is 0 Å². The molecule has 1 rings (SSSR count). The molecule has 1 nitrogen and oxygen atoms in total. The molecule has 0 aliphatic rings. The first-order valence-corrected chi connectivity index (χ1v) is 4.12. The van der Waals surface area contributed by atoms with Crippen molar-refractivity contribution in [2.45, 2.75) is 6.92 Å². The van der Waals surface area contributed by atoms with Crippen molar-refractivity contribution in [3.63, 3.8) is 0 Å². The van der Waals surface area contributed by atoms with Crippen LogP contribution in [0.1, 0.15) is 12.5 Å². The summed E-state index contributed by atoms with van der Waals surface area (Å²) in [5, 5.41) is 0.762. The van der Waals surface area contributed by atoms with Gasteiger partial charge in [0, 0.05) is 5.03 Å². The van der Waals surface area contributed by atoms with Crippen molar-refractivity contribution in [3.05, 3.63) is 35.9 Å². The van der Waals surface area contributed by atoms with E-state index in [9.17, 15) is 0 Å². The van der Waals surface area contributed by atoms with Crippen molar-refractivity contribution >= 4 is 16.6 Å². The molecule has 0 aliphatic heterocycles. The number of benzene rings is 1. The standard InChI is InChI=1S/C10H11ClO/c1-3-10(11)8-4-6-9(12-2)7-5-8/h3-7H,1-2H3. The van der Waals surface area contributed by atoms with Crippen molar-refractivity contribution < 1.29 is 4.74 Å². The third kappa shape index (κ3) is 2.02. The van der Waals surface area contributed by atoms with E-state index in [1.54, 1.807) is 7.11 Å². The smallest absolute Gasteiger partial charge is 0.118 e. The Morgan fingerprint density at radius 3 is 2.33 bits per heavy atom. The first-order valence-electron chi connectivity index (χ1n) is 3.74. The van der Waals surface area contributed by atoms with Gasteiger partial charge < -0.3 is 4.74 Å². The van der Waals surface area contributed by atoms with Gasteiger partial charge in [0.25, 0.3) is 0 Å². The maximum Gasteiger partial charge on any atom is 0.118 e. The van der Waals surface area contributed by atoms with Crippen LogP contribution in [0.5, 0.6) is 5.75 Å². The summed E-state index contributed by atoms with van der Waals surface area (Å²) in [6, 6.07) is 7.64. The molecule has 1 aromatic carbocycles. The number of rotatable bonds is 2. The molecule has 0 heterocycles. The normalized spacial score (nSPS) is 11.4. The lowest BCUT2D eigenvalue weighted by Gasteiger charge is -2.01. The SMILES string of the molecule is CC=C(Cl)c1ccc(OC)cc1. The molecule has 0 aliphatic carbocycles. The molecule has 0 spiro atoms. The zero-order valence-corrected chi connectivity index (χ0v) is 7.93. The average Bonchev–Trinajstić information content (AvgIpc) is 2.17. The maximum atomic E-state index is 5.91. The van der Waals surface area contributed by atoms with E-state index in [1.165, 1.54) is 0 Å². The summed E-state index contributed by atoms with van der Waals surface area (Å²) in [5.74, 6) is 0.847. The van der Waals surface area contributed by atoms with Crippen molar-refractivity contribution in [2.24, 2.45) is 0 Å². The van der Waals surface area contributed by atoms with Crippen molar-refractivity contribution in [2.75, 3.05) is 7.11 Å². The number of methoxy groups -OCH3 is 1. The molecular weight excluding hydrogens is 172 g/mol. The number of hydrogen-bond acceptors (Lipinski definition) is 1. The highest BCUT2D eigenvalue weighted by Crippen LogP contribution is 2.20. The van der Waals surface area contributed by atoms with Crippen LogP contribution in [0.4, 0.5) is 0 Å². The van der Waals surface area contributed by atoms with Crippen LogP contribution in [0.25, 0.3) is 5.03 Å². The van der Waals surface area contributed by atoms with Gasteiger partial charge in [0.2, 0.25) is 0 Å². The molecule has 64 valence electrons. The van der Waals surface area contributed by atoms with Gasteiger partial charge in [-0.2, -0.15) is 0 Å². The van der Waals surface area contributed by atoms with E-state index in [2.05, 4.69) is 0 Å². The fourth-order valence-corrected chi connectivity index (χ4v) is 1.04. The quantitative estimate of drug-likeness (QED) is 0.682. The lowest BCUT2D eigenvalue weighted by atomic mass is 10.2. The van der Waals surface area contributed by atoms with E-state index >= 15 is 0 Å². The van der Waals surface area contributed by atoms with Gasteiger partial charge in [0.05, 0.1) is 7.11 Å². The molecule has 0 saturated heterocycles. The molecule has 0 amide bonds. The van der Waals surface area contributed by atoms with E-state index in [1.807, 2.05) is 37.3 Å². The first kappa shape index (κ1) is 9.14. The second kappa shape index (κ2) is 4.17. The molecule has 0 bridgehead atoms. The van der Waals surface area contributed by atoms with Gasteiger partial charge in [0.1, 0.15) is 5.75 Å². The zero-order valence-electron chi connectivity index (χ0n) is 7.17. The Morgan fingerprint density at radius 1 is 1.33 bits per heavy atom. The van der Waals surface area contributed by atoms with Crippen LogP contribution in [0.15, 0.2) is 30.3 Å². The molecule has 0 saturated carbocycles. The van der Waals surface area contributed by atoms with E-state index in [0.29, 0.717) is 0 Å². The summed E-state index contributed by atoms with van der Waals surface area (Å²) >= 11 is 5.91. The average molecular weight is 183 g/mol. The Labute approximate surface area is 77.6 Å².